The summed E-state index contributed by atoms with van der Waals surface area (Å²) in [6, 6.07) is 6.02. The minimum Gasteiger partial charge on any atom is -0.338 e. The molecule has 0 aliphatic carbocycles. The molecule has 1 heterocycles. The van der Waals surface area contributed by atoms with Crippen LogP contribution in [-0.4, -0.2) is 29.9 Å². The molecule has 1 saturated heterocycles. The third-order valence-electron chi connectivity index (χ3n) is 3.61. The molecule has 4 heteroatoms. The van der Waals surface area contributed by atoms with Crippen molar-refractivity contribution in [1.82, 2.24) is 4.90 Å². The van der Waals surface area contributed by atoms with E-state index in [1.807, 2.05) is 36.9 Å². The molecule has 1 amide bonds. The van der Waals surface area contributed by atoms with E-state index < -0.39 is 0 Å². The van der Waals surface area contributed by atoms with Crippen molar-refractivity contribution in [3.63, 3.8) is 0 Å². The number of amides is 1. The zero-order valence-corrected chi connectivity index (χ0v) is 12.4. The van der Waals surface area contributed by atoms with Crippen molar-refractivity contribution < 1.29 is 4.79 Å². The van der Waals surface area contributed by atoms with Gasteiger partial charge in [0.2, 0.25) is 0 Å². The Morgan fingerprint density at radius 1 is 1.56 bits per heavy atom. The molecule has 1 aliphatic rings. The minimum atomic E-state index is 0.105. The van der Waals surface area contributed by atoms with E-state index >= 15 is 0 Å². The van der Waals surface area contributed by atoms with E-state index in [4.69, 9.17) is 5.73 Å². The van der Waals surface area contributed by atoms with Crippen LogP contribution < -0.4 is 5.73 Å². The summed E-state index contributed by atoms with van der Waals surface area (Å²) in [4.78, 5) is 14.4. The number of carbonyl (C=O) groups excluding carboxylic acids is 1. The van der Waals surface area contributed by atoms with Crippen molar-refractivity contribution in [2.75, 3.05) is 13.1 Å². The molecule has 2 rings (SSSR count). The molecule has 2 unspecified atom stereocenters. The fourth-order valence-electron chi connectivity index (χ4n) is 2.37. The number of rotatable bonds is 2. The van der Waals surface area contributed by atoms with Gasteiger partial charge < -0.3 is 10.6 Å². The van der Waals surface area contributed by atoms with Gasteiger partial charge in [0.1, 0.15) is 0 Å². The lowest BCUT2D eigenvalue weighted by Crippen LogP contribution is -2.33. The molecular formula is C14H19BrN2O. The molecule has 2 atom stereocenters. The van der Waals surface area contributed by atoms with Crippen LogP contribution in [0, 0.1) is 12.8 Å². The van der Waals surface area contributed by atoms with Crippen molar-refractivity contribution in [2.45, 2.75) is 26.3 Å². The molecule has 0 radical (unpaired) electrons. The number of benzene rings is 1. The normalized spacial score (nSPS) is 21.1. The number of hydrogen-bond acceptors (Lipinski definition) is 2. The van der Waals surface area contributed by atoms with E-state index in [9.17, 15) is 4.79 Å². The fraction of sp³-hybridized carbons (Fsp3) is 0.500. The lowest BCUT2D eigenvalue weighted by atomic mass is 10.0. The van der Waals surface area contributed by atoms with E-state index in [-0.39, 0.29) is 11.9 Å². The zero-order chi connectivity index (χ0) is 13.3. The molecule has 0 saturated carbocycles. The number of halogens is 1. The molecule has 18 heavy (non-hydrogen) atoms. The Labute approximate surface area is 116 Å². The van der Waals surface area contributed by atoms with Crippen molar-refractivity contribution >= 4 is 21.8 Å². The van der Waals surface area contributed by atoms with Gasteiger partial charge in [-0.05, 0) is 54.2 Å². The summed E-state index contributed by atoms with van der Waals surface area (Å²) in [7, 11) is 0. The van der Waals surface area contributed by atoms with E-state index in [2.05, 4.69) is 15.9 Å². The van der Waals surface area contributed by atoms with Crippen molar-refractivity contribution in [3.8, 4) is 0 Å². The van der Waals surface area contributed by atoms with Gasteiger partial charge in [0.05, 0.1) is 5.56 Å². The van der Waals surface area contributed by atoms with Gasteiger partial charge in [-0.25, -0.2) is 0 Å². The summed E-state index contributed by atoms with van der Waals surface area (Å²) in [6.07, 6.45) is 1.01. The summed E-state index contributed by atoms with van der Waals surface area (Å²) in [5.41, 5.74) is 7.76. The van der Waals surface area contributed by atoms with Gasteiger partial charge in [-0.1, -0.05) is 11.6 Å². The van der Waals surface area contributed by atoms with Crippen LogP contribution in [0.1, 0.15) is 29.3 Å². The van der Waals surface area contributed by atoms with Crippen LogP contribution in [0.2, 0.25) is 0 Å². The molecule has 1 aromatic rings. The predicted octanol–water partition coefficient (Wildman–Crippen LogP) is 2.57. The first kappa shape index (κ1) is 13.6. The Kier molecular flexibility index (Phi) is 4.07. The second-order valence-electron chi connectivity index (χ2n) is 5.14. The topological polar surface area (TPSA) is 46.3 Å². The molecule has 98 valence electrons. The second kappa shape index (κ2) is 5.41. The summed E-state index contributed by atoms with van der Waals surface area (Å²) in [5, 5.41) is 0. The molecule has 0 aromatic heterocycles. The van der Waals surface area contributed by atoms with Gasteiger partial charge in [-0.2, -0.15) is 0 Å². The van der Waals surface area contributed by atoms with Gasteiger partial charge in [-0.3, -0.25) is 4.79 Å². The third kappa shape index (κ3) is 2.75. The molecule has 1 fully saturated rings. The molecule has 0 bridgehead atoms. The maximum Gasteiger partial charge on any atom is 0.255 e. The summed E-state index contributed by atoms with van der Waals surface area (Å²) in [6.45, 7) is 5.60. The van der Waals surface area contributed by atoms with E-state index in [1.54, 1.807) is 0 Å². The molecule has 3 nitrogen and oxygen atoms in total. The summed E-state index contributed by atoms with van der Waals surface area (Å²) < 4.78 is 0.863. The lowest BCUT2D eigenvalue weighted by Gasteiger charge is -2.19. The van der Waals surface area contributed by atoms with E-state index in [0.29, 0.717) is 5.92 Å². The highest BCUT2D eigenvalue weighted by Crippen LogP contribution is 2.24. The van der Waals surface area contributed by atoms with Crippen LogP contribution in [0.15, 0.2) is 22.7 Å². The quantitative estimate of drug-likeness (QED) is 0.912. The average Bonchev–Trinajstić information content (AvgIpc) is 2.81. The lowest BCUT2D eigenvalue weighted by molar-refractivity contribution is 0.0785. The molecule has 2 N–H and O–H groups in total. The fourth-order valence-corrected chi connectivity index (χ4v) is 2.79. The second-order valence-corrected chi connectivity index (χ2v) is 6.00. The Morgan fingerprint density at radius 2 is 2.28 bits per heavy atom. The van der Waals surface area contributed by atoms with Gasteiger partial charge in [0, 0.05) is 23.6 Å². The Hall–Kier alpha value is -0.870. The Bertz CT molecular complexity index is 459. The summed E-state index contributed by atoms with van der Waals surface area (Å²) >= 11 is 3.45. The highest BCUT2D eigenvalue weighted by Gasteiger charge is 2.29. The van der Waals surface area contributed by atoms with Crippen molar-refractivity contribution in [2.24, 2.45) is 11.7 Å². The number of nitrogens with two attached hydrogens (primary N) is 1. The number of carbonyl (C=O) groups is 1. The van der Waals surface area contributed by atoms with E-state index in [1.165, 1.54) is 0 Å². The Morgan fingerprint density at radius 3 is 2.89 bits per heavy atom. The first-order valence-corrected chi connectivity index (χ1v) is 7.09. The summed E-state index contributed by atoms with van der Waals surface area (Å²) in [5.74, 6) is 0.534. The SMILES string of the molecule is Cc1ccc(Br)c(C(=O)N2CCC(C(C)N)C2)c1. The average molecular weight is 311 g/mol. The van der Waals surface area contributed by atoms with Crippen molar-refractivity contribution in [1.29, 1.82) is 0 Å². The molecule has 1 aliphatic heterocycles. The van der Waals surface area contributed by atoms with Gasteiger partial charge in [0.25, 0.3) is 5.91 Å². The maximum atomic E-state index is 12.4. The maximum absolute atomic E-state index is 12.4. The van der Waals surface area contributed by atoms with Crippen LogP contribution in [-0.2, 0) is 0 Å². The number of nitrogens with zero attached hydrogens (tertiary/aromatic N) is 1. The van der Waals surface area contributed by atoms with Gasteiger partial charge >= 0.3 is 0 Å². The standard InChI is InChI=1S/C14H19BrN2O/c1-9-3-4-13(15)12(7-9)14(18)17-6-5-11(8-17)10(2)16/h3-4,7,10-11H,5-6,8,16H2,1-2H3. The third-order valence-corrected chi connectivity index (χ3v) is 4.30. The molecule has 0 spiro atoms. The van der Waals surface area contributed by atoms with Crippen LogP contribution in [0.4, 0.5) is 0 Å². The number of likely N-dealkylation sites (tertiary alicyclic amines) is 1. The Balaban J connectivity index is 2.15. The first-order chi connectivity index (χ1) is 8.49. The first-order valence-electron chi connectivity index (χ1n) is 6.30. The van der Waals surface area contributed by atoms with Crippen LogP contribution in [0.3, 0.4) is 0 Å². The largest absolute Gasteiger partial charge is 0.338 e. The highest BCUT2D eigenvalue weighted by atomic mass is 79.9. The highest BCUT2D eigenvalue weighted by molar-refractivity contribution is 9.10. The molecule has 1 aromatic carbocycles. The zero-order valence-electron chi connectivity index (χ0n) is 10.8. The number of aryl methyl sites for hydroxylation is 1. The minimum absolute atomic E-state index is 0.105. The number of hydrogen-bond donors (Lipinski definition) is 1. The van der Waals surface area contributed by atoms with E-state index in [0.717, 1.165) is 35.1 Å². The molecular weight excluding hydrogens is 292 g/mol. The predicted molar refractivity (Wildman–Crippen MR) is 76.5 cm³/mol. The van der Waals surface area contributed by atoms with Gasteiger partial charge in [-0.15, -0.1) is 0 Å². The van der Waals surface area contributed by atoms with Gasteiger partial charge in [0.15, 0.2) is 0 Å². The smallest absolute Gasteiger partial charge is 0.255 e. The van der Waals surface area contributed by atoms with Crippen LogP contribution >= 0.6 is 15.9 Å². The van der Waals surface area contributed by atoms with Crippen LogP contribution in [0.5, 0.6) is 0 Å². The van der Waals surface area contributed by atoms with Crippen LogP contribution in [0.25, 0.3) is 0 Å². The monoisotopic (exact) mass is 310 g/mol. The van der Waals surface area contributed by atoms with Crippen molar-refractivity contribution in [3.05, 3.63) is 33.8 Å².